The van der Waals surface area contributed by atoms with Gasteiger partial charge in [0.15, 0.2) is 11.3 Å². The van der Waals surface area contributed by atoms with Gasteiger partial charge >= 0.3 is 21.0 Å². The van der Waals surface area contributed by atoms with E-state index in [4.69, 9.17) is 18.7 Å². The average Bonchev–Trinajstić information content (AvgIpc) is 3.57. The van der Waals surface area contributed by atoms with E-state index < -0.39 is 67.2 Å². The molecule has 44 heavy (non-hydrogen) atoms. The zero-order valence-electron chi connectivity index (χ0n) is 24.2. The highest BCUT2D eigenvalue weighted by Gasteiger charge is 2.44. The smallest absolute Gasteiger partial charge is 0.443 e. The van der Waals surface area contributed by atoms with Gasteiger partial charge in [0.25, 0.3) is 10.0 Å². The second kappa shape index (κ2) is 14.8. The van der Waals surface area contributed by atoms with Crippen molar-refractivity contribution in [3.8, 4) is 0 Å². The first-order chi connectivity index (χ1) is 20.7. The zero-order chi connectivity index (χ0) is 32.1. The maximum atomic E-state index is 13.7. The van der Waals surface area contributed by atoms with Crippen LogP contribution in [0.25, 0.3) is 0 Å². The number of nitrogens with zero attached hydrogens (tertiary/aromatic N) is 2. The van der Waals surface area contributed by atoms with Crippen LogP contribution >= 0.6 is 7.82 Å². The fourth-order valence-corrected chi connectivity index (χ4v) is 7.23. The second-order valence-electron chi connectivity index (χ2n) is 11.1. The van der Waals surface area contributed by atoms with Gasteiger partial charge in [-0.25, -0.2) is 22.8 Å². The maximum absolute atomic E-state index is 13.7. The first kappa shape index (κ1) is 34.4. The Balaban J connectivity index is 1.64. The number of nitrogens with one attached hydrogen (secondary N) is 1. The van der Waals surface area contributed by atoms with Gasteiger partial charge in [-0.2, -0.15) is 4.31 Å². The Morgan fingerprint density at radius 1 is 1.16 bits per heavy atom. The summed E-state index contributed by atoms with van der Waals surface area (Å²) in [5, 5.41) is 21.0. The number of fused-ring (bicyclic) bond motifs is 1. The zero-order valence-corrected chi connectivity index (χ0v) is 25.9. The van der Waals surface area contributed by atoms with Crippen LogP contribution in [0.2, 0.25) is 0 Å². The highest BCUT2D eigenvalue weighted by atomic mass is 32.2. The molecule has 242 valence electrons. The van der Waals surface area contributed by atoms with Gasteiger partial charge in [-0.1, -0.05) is 50.2 Å². The molecule has 0 bridgehead atoms. The lowest BCUT2D eigenvalue weighted by Crippen LogP contribution is -2.52. The first-order valence-electron chi connectivity index (χ1n) is 14.0. The minimum Gasteiger partial charge on any atom is -0.443 e. The number of phosphoric acid groups is 1. The van der Waals surface area contributed by atoms with Crippen molar-refractivity contribution in [2.75, 3.05) is 26.3 Å². The number of carbonyl (C=O) groups excluding carboxylic acids is 1. The van der Waals surface area contributed by atoms with Gasteiger partial charge in [0.1, 0.15) is 12.2 Å². The van der Waals surface area contributed by atoms with Crippen LogP contribution in [0.4, 0.5) is 4.79 Å². The number of sulfonamides is 1. The second-order valence-corrected chi connectivity index (χ2v) is 14.1. The Hall–Kier alpha value is -2.44. The lowest BCUT2D eigenvalue weighted by Gasteiger charge is -2.33. The van der Waals surface area contributed by atoms with Gasteiger partial charge < -0.3 is 39.4 Å². The van der Waals surface area contributed by atoms with Crippen molar-refractivity contribution in [2.45, 2.75) is 56.3 Å². The summed E-state index contributed by atoms with van der Waals surface area (Å²) in [5.41, 5.74) is 0.638. The van der Waals surface area contributed by atoms with Crippen molar-refractivity contribution in [2.24, 2.45) is 11.8 Å². The van der Waals surface area contributed by atoms with Gasteiger partial charge in [-0.3, -0.25) is 4.52 Å². The van der Waals surface area contributed by atoms with Crippen molar-refractivity contribution in [3.63, 3.8) is 0 Å². The molecule has 0 aliphatic carbocycles. The average molecular weight is 657 g/mol. The predicted octanol–water partition coefficient (Wildman–Crippen LogP) is -0.0151. The van der Waals surface area contributed by atoms with Crippen LogP contribution in [0.5, 0.6) is 0 Å². The number of rotatable bonds is 14. The van der Waals surface area contributed by atoms with Crippen molar-refractivity contribution >= 4 is 36.5 Å². The number of alkyl carbamates (subject to hydrolysis) is 1. The molecule has 15 nitrogen and oxygen atoms in total. The van der Waals surface area contributed by atoms with Gasteiger partial charge in [0.2, 0.25) is 0 Å². The number of aromatic nitrogens is 1. The molecular formula is C26H37BN3O12PS. The number of ether oxygens (including phenoxy) is 3. The van der Waals surface area contributed by atoms with Crippen molar-refractivity contribution < 1.29 is 56.3 Å². The van der Waals surface area contributed by atoms with Gasteiger partial charge in [0, 0.05) is 24.7 Å². The summed E-state index contributed by atoms with van der Waals surface area (Å²) >= 11 is 0. The van der Waals surface area contributed by atoms with E-state index in [1.807, 2.05) is 0 Å². The molecule has 0 unspecified atom stereocenters. The predicted molar refractivity (Wildman–Crippen MR) is 156 cm³/mol. The summed E-state index contributed by atoms with van der Waals surface area (Å²) in [7, 11) is -11.5. The Bertz CT molecular complexity index is 1400. The minimum absolute atomic E-state index is 0.00778. The summed E-state index contributed by atoms with van der Waals surface area (Å²) < 4.78 is 62.4. The molecule has 1 aromatic carbocycles. The Morgan fingerprint density at radius 2 is 1.89 bits per heavy atom. The van der Waals surface area contributed by atoms with Crippen LogP contribution in [0.15, 0.2) is 53.7 Å². The standard InChI is InChI=1S/C26H37BN3O12PS/c1-17(2)14-30(44(37,38)24-9-8-19(13-28-24)27(32)33)15-22(42-43(34,35)36)21(12-18-6-4-3-5-7-18)29-26(31)41-23-16-40-25-20(23)10-11-39-25/h3-9,13,17,20-23,25,32-33H,10-12,14-16H2,1-2H3,(H,29,31)(H2,34,35,36)/t20-,21-,22+,23-,25+/m0/s1. The largest absolute Gasteiger partial charge is 0.490 e. The van der Waals surface area contributed by atoms with E-state index in [1.165, 1.54) is 6.07 Å². The van der Waals surface area contributed by atoms with E-state index in [1.54, 1.807) is 44.2 Å². The molecule has 0 saturated carbocycles. The van der Waals surface area contributed by atoms with E-state index >= 15 is 0 Å². The molecule has 3 heterocycles. The number of hydrogen-bond donors (Lipinski definition) is 5. The van der Waals surface area contributed by atoms with Gasteiger partial charge in [0.05, 0.1) is 25.2 Å². The van der Waals surface area contributed by atoms with Gasteiger partial charge in [-0.15, -0.1) is 0 Å². The first-order valence-corrected chi connectivity index (χ1v) is 17.0. The molecule has 1 aromatic heterocycles. The van der Waals surface area contributed by atoms with E-state index in [2.05, 4.69) is 10.3 Å². The molecule has 5 N–H and O–H groups in total. The fraction of sp³-hybridized carbons (Fsp3) is 0.538. The molecule has 2 fully saturated rings. The number of carbonyl (C=O) groups is 1. The summed E-state index contributed by atoms with van der Waals surface area (Å²) in [5.74, 6) is -0.401. The van der Waals surface area contributed by atoms with Gasteiger partial charge in [-0.05, 0) is 30.4 Å². The fourth-order valence-electron chi connectivity index (χ4n) is 5.13. The lowest BCUT2D eigenvalue weighted by molar-refractivity contribution is -0.0907. The Labute approximate surface area is 255 Å². The summed E-state index contributed by atoms with van der Waals surface area (Å²) in [6, 6.07) is 9.85. The molecule has 1 amide bonds. The SMILES string of the molecule is CC(C)CN(C[C@@H](OP(=O)(O)O)[C@H](Cc1ccccc1)NC(=O)O[C@H]1CO[C@H]2OCC[C@H]21)S(=O)(=O)c1ccc(B(O)O)cn1. The number of benzene rings is 1. The normalized spacial score (nSPS) is 21.7. The van der Waals surface area contributed by atoms with E-state index in [0.29, 0.717) is 18.6 Å². The molecule has 2 saturated heterocycles. The van der Waals surface area contributed by atoms with Crippen LogP contribution in [-0.2, 0) is 39.7 Å². The lowest BCUT2D eigenvalue weighted by atomic mass is 9.82. The van der Waals surface area contributed by atoms with Crippen molar-refractivity contribution in [1.82, 2.24) is 14.6 Å². The molecule has 0 spiro atoms. The van der Waals surface area contributed by atoms with Crippen LogP contribution in [-0.4, -0.2) is 102 Å². The number of phosphoric ester groups is 1. The molecule has 5 atom stereocenters. The monoisotopic (exact) mass is 657 g/mol. The molecule has 4 rings (SSSR count). The van der Waals surface area contributed by atoms with E-state index in [-0.39, 0.29) is 36.9 Å². The topological polar surface area (TPSA) is 214 Å². The Morgan fingerprint density at radius 3 is 2.50 bits per heavy atom. The molecule has 2 aromatic rings. The summed E-state index contributed by atoms with van der Waals surface area (Å²) in [4.78, 5) is 36.7. The van der Waals surface area contributed by atoms with Crippen LogP contribution in [0.3, 0.4) is 0 Å². The molecular weight excluding hydrogens is 620 g/mol. The third-order valence-corrected chi connectivity index (χ3v) is 9.47. The third kappa shape index (κ3) is 9.30. The van der Waals surface area contributed by atoms with Crippen molar-refractivity contribution in [1.29, 1.82) is 0 Å². The van der Waals surface area contributed by atoms with Crippen LogP contribution < -0.4 is 10.8 Å². The van der Waals surface area contributed by atoms with Crippen molar-refractivity contribution in [3.05, 3.63) is 54.2 Å². The highest BCUT2D eigenvalue weighted by molar-refractivity contribution is 7.89. The molecule has 18 heteroatoms. The van der Waals surface area contributed by atoms with E-state index in [9.17, 15) is 37.6 Å². The quantitative estimate of drug-likeness (QED) is 0.134. The number of amides is 1. The number of hydrogen-bond acceptors (Lipinski definition) is 11. The summed E-state index contributed by atoms with van der Waals surface area (Å²) in [6.45, 7) is 3.40. The number of pyridine rings is 1. The van der Waals surface area contributed by atoms with Crippen LogP contribution in [0, 0.1) is 11.8 Å². The molecule has 2 aliphatic rings. The van der Waals surface area contributed by atoms with E-state index in [0.717, 1.165) is 16.6 Å². The third-order valence-electron chi connectivity index (χ3n) is 7.18. The molecule has 2 aliphatic heterocycles. The minimum atomic E-state index is -5.22. The van der Waals surface area contributed by atoms with Crippen LogP contribution in [0.1, 0.15) is 25.8 Å². The maximum Gasteiger partial charge on any atom is 0.490 e. The Kier molecular flexibility index (Phi) is 11.6. The summed E-state index contributed by atoms with van der Waals surface area (Å²) in [6.07, 6.45) is -1.90. The highest BCUT2D eigenvalue weighted by Crippen LogP contribution is 2.39. The molecule has 0 radical (unpaired) electrons.